The maximum atomic E-state index is 14.5. The van der Waals surface area contributed by atoms with Gasteiger partial charge in [0.15, 0.2) is 0 Å². The first kappa shape index (κ1) is 22.5. The van der Waals surface area contributed by atoms with Crippen molar-refractivity contribution in [1.82, 2.24) is 4.31 Å². The van der Waals surface area contributed by atoms with Crippen molar-refractivity contribution >= 4 is 15.7 Å². The van der Waals surface area contributed by atoms with Crippen LogP contribution in [0.25, 0.3) is 11.1 Å². The first-order chi connectivity index (χ1) is 16.4. The number of nitriles is 1. The van der Waals surface area contributed by atoms with Crippen LogP contribution in [-0.2, 0) is 10.0 Å². The van der Waals surface area contributed by atoms with Crippen LogP contribution in [0.15, 0.2) is 71.6 Å². The number of fused-ring (bicyclic) bond motifs is 3. The third-order valence-electron chi connectivity index (χ3n) is 7.05. The van der Waals surface area contributed by atoms with Gasteiger partial charge in [0, 0.05) is 25.2 Å². The van der Waals surface area contributed by atoms with Gasteiger partial charge in [0.05, 0.1) is 30.3 Å². The zero-order valence-electron chi connectivity index (χ0n) is 18.6. The van der Waals surface area contributed by atoms with Crippen molar-refractivity contribution in [3.63, 3.8) is 0 Å². The van der Waals surface area contributed by atoms with Crippen LogP contribution in [0.3, 0.4) is 0 Å². The highest BCUT2D eigenvalue weighted by atomic mass is 32.2. The second-order valence-electron chi connectivity index (χ2n) is 8.77. The molecule has 174 valence electrons. The molecule has 8 heteroatoms. The van der Waals surface area contributed by atoms with Crippen LogP contribution in [-0.4, -0.2) is 44.1 Å². The van der Waals surface area contributed by atoms with Gasteiger partial charge in [0.25, 0.3) is 0 Å². The molecule has 0 bridgehead atoms. The Hall–Kier alpha value is -3.25. The predicted octanol–water partition coefficient (Wildman–Crippen LogP) is 3.93. The zero-order chi connectivity index (χ0) is 24.0. The van der Waals surface area contributed by atoms with Crippen molar-refractivity contribution in [2.45, 2.75) is 23.4 Å². The normalized spacial score (nSPS) is 22.2. The molecule has 6 nitrogen and oxygen atoms in total. The summed E-state index contributed by atoms with van der Waals surface area (Å²) in [6.07, 6.45) is 0.557. The summed E-state index contributed by atoms with van der Waals surface area (Å²) in [5.41, 5.74) is 3.90. The van der Waals surface area contributed by atoms with Gasteiger partial charge in [0.2, 0.25) is 10.0 Å². The van der Waals surface area contributed by atoms with Gasteiger partial charge in [-0.25, -0.2) is 12.8 Å². The highest BCUT2D eigenvalue weighted by molar-refractivity contribution is 7.89. The lowest BCUT2D eigenvalue weighted by Gasteiger charge is -2.44. The van der Waals surface area contributed by atoms with E-state index in [-0.39, 0.29) is 30.0 Å². The predicted molar refractivity (Wildman–Crippen MR) is 127 cm³/mol. The molecular formula is C26H24FN3O3S. The number of halogens is 1. The molecule has 3 aromatic carbocycles. The lowest BCUT2D eigenvalue weighted by molar-refractivity contribution is 0.193. The van der Waals surface area contributed by atoms with E-state index in [1.165, 1.54) is 22.5 Å². The van der Waals surface area contributed by atoms with Crippen LogP contribution in [0.5, 0.6) is 0 Å². The molecule has 2 aliphatic heterocycles. The van der Waals surface area contributed by atoms with Gasteiger partial charge in [-0.2, -0.15) is 9.57 Å². The Morgan fingerprint density at radius 2 is 1.85 bits per heavy atom. The summed E-state index contributed by atoms with van der Waals surface area (Å²) >= 11 is 0. The molecule has 0 saturated carbocycles. The first-order valence-corrected chi connectivity index (χ1v) is 12.6. The molecule has 1 N–H and O–H groups in total. The fraction of sp³-hybridized carbons (Fsp3) is 0.269. The summed E-state index contributed by atoms with van der Waals surface area (Å²) in [6, 6.07) is 19.9. The molecule has 5 rings (SSSR count). The molecule has 2 heterocycles. The van der Waals surface area contributed by atoms with Crippen LogP contribution >= 0.6 is 0 Å². The van der Waals surface area contributed by atoms with E-state index >= 15 is 0 Å². The van der Waals surface area contributed by atoms with Crippen LogP contribution < -0.4 is 4.90 Å². The number of hydrogen-bond donors (Lipinski definition) is 1. The molecular weight excluding hydrogens is 453 g/mol. The van der Waals surface area contributed by atoms with E-state index < -0.39 is 21.9 Å². The van der Waals surface area contributed by atoms with Crippen molar-refractivity contribution in [2.75, 3.05) is 25.1 Å². The lowest BCUT2D eigenvalue weighted by atomic mass is 9.81. The summed E-state index contributed by atoms with van der Waals surface area (Å²) in [5, 5.41) is 19.5. The molecule has 2 aliphatic rings. The molecule has 34 heavy (non-hydrogen) atoms. The van der Waals surface area contributed by atoms with E-state index in [0.717, 1.165) is 28.4 Å². The van der Waals surface area contributed by atoms with Crippen LogP contribution in [0.4, 0.5) is 10.1 Å². The second-order valence-corrected chi connectivity index (χ2v) is 10.6. The first-order valence-electron chi connectivity index (χ1n) is 11.1. The minimum Gasteiger partial charge on any atom is -0.394 e. The van der Waals surface area contributed by atoms with Gasteiger partial charge < -0.3 is 10.0 Å². The van der Waals surface area contributed by atoms with E-state index in [1.807, 2.05) is 42.3 Å². The van der Waals surface area contributed by atoms with Gasteiger partial charge in [0.1, 0.15) is 10.7 Å². The number of nitrogens with zero attached hydrogens (tertiary/aromatic N) is 3. The van der Waals surface area contributed by atoms with Crippen molar-refractivity contribution in [2.24, 2.45) is 5.92 Å². The third kappa shape index (κ3) is 3.48. The average Bonchev–Trinajstić information content (AvgIpc) is 3.30. The Bertz CT molecular complexity index is 1400. The summed E-state index contributed by atoms with van der Waals surface area (Å²) in [7, 11) is -2.20. The minimum atomic E-state index is -4.10. The number of aliphatic hydroxyl groups excluding tert-OH is 1. The molecule has 1 fully saturated rings. The molecule has 0 spiro atoms. The topological polar surface area (TPSA) is 84.6 Å². The smallest absolute Gasteiger partial charge is 0.246 e. The number of sulfonamides is 1. The SMILES string of the molecule is CN1c2ccc(-c3cccc(C#N)c3)cc2[C@@H]2[C@@H](CCN2S(=O)(=O)c2ccccc2F)[C@H]1CO. The van der Waals surface area contributed by atoms with Crippen molar-refractivity contribution < 1.29 is 17.9 Å². The number of hydrogen-bond acceptors (Lipinski definition) is 5. The van der Waals surface area contributed by atoms with E-state index in [4.69, 9.17) is 0 Å². The Morgan fingerprint density at radius 1 is 1.09 bits per heavy atom. The molecule has 0 radical (unpaired) electrons. The van der Waals surface area contributed by atoms with E-state index in [1.54, 1.807) is 12.1 Å². The standard InChI is InChI=1S/C26H24FN3O3S/c1-29-23-10-9-19(18-6-4-5-17(13-18)15-28)14-21(23)26-20(24(29)16-31)11-12-30(26)34(32,33)25-8-3-2-7-22(25)27/h2-10,13-14,20,24,26,31H,11-12,16H2,1H3/t20-,24+,26-/m0/s1. The van der Waals surface area contributed by atoms with Crippen LogP contribution in [0.2, 0.25) is 0 Å². The summed E-state index contributed by atoms with van der Waals surface area (Å²) in [4.78, 5) is 1.67. The van der Waals surface area contributed by atoms with Gasteiger partial charge in [-0.05, 0) is 59.5 Å². The van der Waals surface area contributed by atoms with E-state index in [2.05, 4.69) is 6.07 Å². The van der Waals surface area contributed by atoms with Crippen molar-refractivity contribution in [3.8, 4) is 17.2 Å². The van der Waals surface area contributed by atoms with E-state index in [0.29, 0.717) is 12.0 Å². The van der Waals surface area contributed by atoms with Crippen molar-refractivity contribution in [1.29, 1.82) is 5.26 Å². The second kappa shape index (κ2) is 8.51. The maximum absolute atomic E-state index is 14.5. The van der Waals surface area contributed by atoms with Crippen LogP contribution in [0.1, 0.15) is 23.6 Å². The fourth-order valence-electron chi connectivity index (χ4n) is 5.41. The minimum absolute atomic E-state index is 0.114. The molecule has 0 unspecified atom stereocenters. The summed E-state index contributed by atoms with van der Waals surface area (Å²) < 4.78 is 43.1. The molecule has 3 aromatic rings. The number of likely N-dealkylation sites (N-methyl/N-ethyl adjacent to an activating group) is 1. The molecule has 0 aliphatic carbocycles. The Balaban J connectivity index is 1.66. The molecule has 0 amide bonds. The average molecular weight is 478 g/mol. The van der Waals surface area contributed by atoms with Gasteiger partial charge in [-0.3, -0.25) is 0 Å². The van der Waals surface area contributed by atoms with Gasteiger partial charge >= 0.3 is 0 Å². The zero-order valence-corrected chi connectivity index (χ0v) is 19.4. The fourth-order valence-corrected chi connectivity index (χ4v) is 7.14. The van der Waals surface area contributed by atoms with Crippen molar-refractivity contribution in [3.05, 3.63) is 83.7 Å². The number of anilines is 1. The summed E-state index contributed by atoms with van der Waals surface area (Å²) in [5.74, 6) is -0.926. The highest BCUT2D eigenvalue weighted by Crippen LogP contribution is 2.51. The largest absolute Gasteiger partial charge is 0.394 e. The monoisotopic (exact) mass is 477 g/mol. The number of aliphatic hydroxyl groups is 1. The maximum Gasteiger partial charge on any atom is 0.246 e. The van der Waals surface area contributed by atoms with Gasteiger partial charge in [-0.15, -0.1) is 0 Å². The summed E-state index contributed by atoms with van der Waals surface area (Å²) in [6.45, 7) is 0.126. The highest BCUT2D eigenvalue weighted by Gasteiger charge is 2.50. The van der Waals surface area contributed by atoms with Crippen LogP contribution in [0, 0.1) is 23.1 Å². The van der Waals surface area contributed by atoms with E-state index in [9.17, 15) is 23.2 Å². The number of rotatable bonds is 4. The Kier molecular flexibility index (Phi) is 5.64. The Morgan fingerprint density at radius 3 is 2.59 bits per heavy atom. The van der Waals surface area contributed by atoms with Gasteiger partial charge in [-0.1, -0.05) is 30.3 Å². The quantitative estimate of drug-likeness (QED) is 0.616. The number of benzene rings is 3. The molecule has 3 atom stereocenters. The molecule has 1 saturated heterocycles. The third-order valence-corrected chi connectivity index (χ3v) is 8.97. The lowest BCUT2D eigenvalue weighted by Crippen LogP contribution is -2.48. The molecule has 0 aromatic heterocycles. The Labute approximate surface area is 198 Å².